The molecule has 0 saturated carbocycles. The molecule has 0 bridgehead atoms. The molecular formula is C22H16N2O6. The summed E-state index contributed by atoms with van der Waals surface area (Å²) in [6.45, 7) is 0. The number of anilines is 2. The number of aromatic hydroxyl groups is 3. The van der Waals surface area contributed by atoms with Gasteiger partial charge in [-0.15, -0.1) is 0 Å². The Bertz CT molecular complexity index is 1310. The van der Waals surface area contributed by atoms with E-state index in [1.54, 1.807) is 30.3 Å². The molecule has 0 radical (unpaired) electrons. The number of phenolic OH excluding ortho intramolecular Hbond substituents is 2. The third-order valence-corrected chi connectivity index (χ3v) is 4.39. The number of rotatable bonds is 3. The SMILES string of the molecule is O=C(Nc1ccccc1)Nc1ccc2oc(-c3ccc(O)c(O)c3)c(O)c(=O)c2c1. The van der Waals surface area contributed by atoms with Gasteiger partial charge in [0, 0.05) is 16.9 Å². The van der Waals surface area contributed by atoms with Gasteiger partial charge in [0.15, 0.2) is 17.3 Å². The molecule has 8 nitrogen and oxygen atoms in total. The third-order valence-electron chi connectivity index (χ3n) is 4.39. The molecule has 4 aromatic rings. The van der Waals surface area contributed by atoms with E-state index in [0.29, 0.717) is 11.4 Å². The Labute approximate surface area is 169 Å². The van der Waals surface area contributed by atoms with E-state index in [2.05, 4.69) is 10.6 Å². The van der Waals surface area contributed by atoms with Crippen molar-refractivity contribution in [3.05, 3.63) is 77.0 Å². The van der Waals surface area contributed by atoms with Crippen LogP contribution in [0.25, 0.3) is 22.3 Å². The first-order chi connectivity index (χ1) is 14.4. The second-order valence-corrected chi connectivity index (χ2v) is 6.47. The van der Waals surface area contributed by atoms with Crippen LogP contribution in [0.4, 0.5) is 16.2 Å². The smallest absolute Gasteiger partial charge is 0.323 e. The first-order valence-corrected chi connectivity index (χ1v) is 8.87. The van der Waals surface area contributed by atoms with Gasteiger partial charge >= 0.3 is 6.03 Å². The highest BCUT2D eigenvalue weighted by Crippen LogP contribution is 2.35. The molecule has 3 aromatic carbocycles. The van der Waals surface area contributed by atoms with E-state index >= 15 is 0 Å². The maximum atomic E-state index is 12.7. The molecule has 0 fully saturated rings. The molecule has 8 heteroatoms. The number of para-hydroxylation sites is 1. The molecule has 0 aliphatic rings. The molecule has 4 rings (SSSR count). The van der Waals surface area contributed by atoms with Crippen LogP contribution >= 0.6 is 0 Å². The average molecular weight is 404 g/mol. The summed E-state index contributed by atoms with van der Waals surface area (Å²) in [7, 11) is 0. The summed E-state index contributed by atoms with van der Waals surface area (Å²) in [4.78, 5) is 24.8. The van der Waals surface area contributed by atoms with Gasteiger partial charge in [-0.05, 0) is 48.5 Å². The summed E-state index contributed by atoms with van der Waals surface area (Å²) < 4.78 is 5.64. The molecule has 0 spiro atoms. The Kier molecular flexibility index (Phi) is 4.73. The minimum absolute atomic E-state index is 0.0664. The minimum atomic E-state index is -0.703. The number of carbonyl (C=O) groups is 1. The summed E-state index contributed by atoms with van der Waals surface area (Å²) in [5, 5.41) is 34.8. The van der Waals surface area contributed by atoms with E-state index < -0.39 is 23.0 Å². The minimum Gasteiger partial charge on any atom is -0.504 e. The Hall–Kier alpha value is -4.46. The van der Waals surface area contributed by atoms with Crippen molar-refractivity contribution in [2.24, 2.45) is 0 Å². The largest absolute Gasteiger partial charge is 0.504 e. The Morgan fingerprint density at radius 1 is 0.800 bits per heavy atom. The van der Waals surface area contributed by atoms with E-state index in [9.17, 15) is 24.9 Å². The van der Waals surface area contributed by atoms with Crippen molar-refractivity contribution in [3.63, 3.8) is 0 Å². The van der Waals surface area contributed by atoms with Gasteiger partial charge in [0.2, 0.25) is 11.2 Å². The summed E-state index contributed by atoms with van der Waals surface area (Å²) in [5.41, 5.74) is 0.624. The normalized spacial score (nSPS) is 10.7. The van der Waals surface area contributed by atoms with E-state index in [-0.39, 0.29) is 28.0 Å². The van der Waals surface area contributed by atoms with Crippen LogP contribution in [0.1, 0.15) is 0 Å². The number of nitrogens with one attached hydrogen (secondary N) is 2. The van der Waals surface area contributed by atoms with Crippen LogP contribution in [0.5, 0.6) is 17.2 Å². The standard InChI is InChI=1S/C22H16N2O6/c25-16-8-6-12(10-17(16)26)21-20(28)19(27)15-11-14(7-9-18(15)30-21)24-22(29)23-13-4-2-1-3-5-13/h1-11,25-26,28H,(H2,23,24,29). The number of phenols is 2. The Balaban J connectivity index is 1.66. The molecule has 0 unspecified atom stereocenters. The molecule has 0 aliphatic heterocycles. The zero-order chi connectivity index (χ0) is 21.3. The third kappa shape index (κ3) is 3.61. The lowest BCUT2D eigenvalue weighted by molar-refractivity contribution is 0.262. The number of fused-ring (bicyclic) bond motifs is 1. The van der Waals surface area contributed by atoms with Crippen molar-refractivity contribution in [2.45, 2.75) is 0 Å². The topological polar surface area (TPSA) is 132 Å². The van der Waals surface area contributed by atoms with Crippen molar-refractivity contribution in [3.8, 4) is 28.6 Å². The lowest BCUT2D eigenvalue weighted by Crippen LogP contribution is -2.19. The predicted octanol–water partition coefficient (Wildman–Crippen LogP) is 4.22. The number of benzene rings is 3. The van der Waals surface area contributed by atoms with Gasteiger partial charge in [-0.1, -0.05) is 18.2 Å². The molecule has 1 aromatic heterocycles. The van der Waals surface area contributed by atoms with Crippen molar-refractivity contribution < 1.29 is 24.5 Å². The van der Waals surface area contributed by atoms with Crippen molar-refractivity contribution in [1.29, 1.82) is 0 Å². The molecule has 0 saturated heterocycles. The van der Waals surface area contributed by atoms with Crippen LogP contribution < -0.4 is 16.1 Å². The monoisotopic (exact) mass is 404 g/mol. The fraction of sp³-hybridized carbons (Fsp3) is 0. The Morgan fingerprint density at radius 2 is 1.53 bits per heavy atom. The first kappa shape index (κ1) is 18.9. The predicted molar refractivity (Wildman–Crippen MR) is 112 cm³/mol. The Morgan fingerprint density at radius 3 is 2.27 bits per heavy atom. The molecular weight excluding hydrogens is 388 g/mol. The maximum Gasteiger partial charge on any atom is 0.323 e. The fourth-order valence-electron chi connectivity index (χ4n) is 2.94. The van der Waals surface area contributed by atoms with Crippen molar-refractivity contribution in [2.75, 3.05) is 10.6 Å². The zero-order valence-corrected chi connectivity index (χ0v) is 15.4. The average Bonchev–Trinajstić information content (AvgIpc) is 2.74. The summed E-state index contributed by atoms with van der Waals surface area (Å²) in [6, 6.07) is 16.6. The molecule has 2 amide bonds. The van der Waals surface area contributed by atoms with Gasteiger partial charge in [0.1, 0.15) is 5.58 Å². The van der Waals surface area contributed by atoms with E-state index in [0.717, 1.165) is 0 Å². The molecule has 30 heavy (non-hydrogen) atoms. The van der Waals surface area contributed by atoms with Crippen molar-refractivity contribution in [1.82, 2.24) is 0 Å². The zero-order valence-electron chi connectivity index (χ0n) is 15.4. The second kappa shape index (κ2) is 7.51. The van der Waals surface area contributed by atoms with Crippen LogP contribution in [-0.2, 0) is 0 Å². The summed E-state index contributed by atoms with van der Waals surface area (Å²) in [5.74, 6) is -1.56. The number of amides is 2. The molecule has 5 N–H and O–H groups in total. The van der Waals surface area contributed by atoms with Gasteiger partial charge in [0.05, 0.1) is 5.39 Å². The lowest BCUT2D eigenvalue weighted by Gasteiger charge is -2.10. The van der Waals surface area contributed by atoms with Crippen molar-refractivity contribution >= 4 is 28.4 Å². The number of hydrogen-bond acceptors (Lipinski definition) is 6. The van der Waals surface area contributed by atoms with Crippen LogP contribution in [0.3, 0.4) is 0 Å². The van der Waals surface area contributed by atoms with Gasteiger partial charge in [-0.25, -0.2) is 4.79 Å². The van der Waals surface area contributed by atoms with Crippen LogP contribution in [0.15, 0.2) is 75.9 Å². The summed E-state index contributed by atoms with van der Waals surface area (Å²) >= 11 is 0. The van der Waals surface area contributed by atoms with Crippen LogP contribution in [0.2, 0.25) is 0 Å². The number of carbonyl (C=O) groups excluding carboxylic acids is 1. The molecule has 0 atom stereocenters. The number of urea groups is 1. The van der Waals surface area contributed by atoms with Gasteiger partial charge in [-0.3, -0.25) is 4.79 Å². The van der Waals surface area contributed by atoms with E-state index in [4.69, 9.17) is 4.42 Å². The van der Waals surface area contributed by atoms with Gasteiger partial charge < -0.3 is 30.4 Å². The summed E-state index contributed by atoms with van der Waals surface area (Å²) in [6.07, 6.45) is 0. The van der Waals surface area contributed by atoms with Gasteiger partial charge in [-0.2, -0.15) is 0 Å². The van der Waals surface area contributed by atoms with Crippen LogP contribution in [-0.4, -0.2) is 21.4 Å². The van der Waals surface area contributed by atoms with Gasteiger partial charge in [0.25, 0.3) is 0 Å². The molecule has 150 valence electrons. The maximum absolute atomic E-state index is 12.7. The highest BCUT2D eigenvalue weighted by atomic mass is 16.4. The first-order valence-electron chi connectivity index (χ1n) is 8.87. The molecule has 0 aliphatic carbocycles. The lowest BCUT2D eigenvalue weighted by atomic mass is 10.1. The number of hydrogen-bond donors (Lipinski definition) is 5. The van der Waals surface area contributed by atoms with E-state index in [1.807, 2.05) is 6.07 Å². The second-order valence-electron chi connectivity index (χ2n) is 6.47. The quantitative estimate of drug-likeness (QED) is 0.325. The van der Waals surface area contributed by atoms with E-state index in [1.165, 1.54) is 30.3 Å². The van der Waals surface area contributed by atoms with Crippen LogP contribution in [0, 0.1) is 0 Å². The fourth-order valence-corrected chi connectivity index (χ4v) is 2.94. The molecule has 1 heterocycles. The highest BCUT2D eigenvalue weighted by molar-refractivity contribution is 6.01. The highest BCUT2D eigenvalue weighted by Gasteiger charge is 2.17.